The van der Waals surface area contributed by atoms with Crippen molar-refractivity contribution in [3.63, 3.8) is 0 Å². The molecule has 7 nitrogen and oxygen atoms in total. The highest BCUT2D eigenvalue weighted by Gasteiger charge is 2.22. The van der Waals surface area contributed by atoms with E-state index in [2.05, 4.69) is 26.6 Å². The van der Waals surface area contributed by atoms with Gasteiger partial charge >= 0.3 is 6.03 Å². The molecule has 0 atom stereocenters. The Hall–Kier alpha value is -3.27. The van der Waals surface area contributed by atoms with E-state index in [-0.39, 0.29) is 6.03 Å². The highest BCUT2D eigenvalue weighted by Crippen LogP contribution is 2.24. The van der Waals surface area contributed by atoms with Crippen LogP contribution in [-0.4, -0.2) is 37.8 Å². The van der Waals surface area contributed by atoms with E-state index in [0.29, 0.717) is 29.5 Å². The monoisotopic (exact) mass is 365 g/mol. The average Bonchev–Trinajstić information content (AvgIpc) is 2.73. The summed E-state index contributed by atoms with van der Waals surface area (Å²) in [6.45, 7) is 2.26. The minimum absolute atomic E-state index is 0.238. The maximum Gasteiger partial charge on any atom is 0.319 e. The van der Waals surface area contributed by atoms with Gasteiger partial charge in [0.1, 0.15) is 17.6 Å². The number of hydrogen-bond acceptors (Lipinski definition) is 5. The number of hydrogen-bond donors (Lipinski definition) is 2. The number of methoxy groups -OCH3 is 1. The smallest absolute Gasteiger partial charge is 0.319 e. The van der Waals surface area contributed by atoms with Crippen molar-refractivity contribution in [2.75, 3.05) is 37.0 Å². The van der Waals surface area contributed by atoms with Gasteiger partial charge in [-0.2, -0.15) is 5.26 Å². The molecule has 1 aliphatic heterocycles. The highest BCUT2D eigenvalue weighted by atomic mass is 16.5. The first-order valence-corrected chi connectivity index (χ1v) is 8.99. The molecule has 2 heterocycles. The third-order valence-corrected chi connectivity index (χ3v) is 4.73. The minimum atomic E-state index is -0.238. The van der Waals surface area contributed by atoms with Gasteiger partial charge in [-0.25, -0.2) is 9.78 Å². The van der Waals surface area contributed by atoms with Crippen LogP contribution in [0.4, 0.5) is 16.3 Å². The molecule has 2 amide bonds. The second-order valence-electron chi connectivity index (χ2n) is 6.45. The lowest BCUT2D eigenvalue weighted by atomic mass is 9.96. The number of aromatic nitrogens is 1. The Morgan fingerprint density at radius 1 is 1.30 bits per heavy atom. The molecule has 140 valence electrons. The van der Waals surface area contributed by atoms with Crippen LogP contribution in [0.2, 0.25) is 0 Å². The Bertz CT molecular complexity index is 825. The largest absolute Gasteiger partial charge is 0.495 e. The van der Waals surface area contributed by atoms with Gasteiger partial charge in [-0.15, -0.1) is 0 Å². The summed E-state index contributed by atoms with van der Waals surface area (Å²) < 4.78 is 5.24. The number of piperidine rings is 1. The zero-order valence-corrected chi connectivity index (χ0v) is 15.3. The molecule has 0 spiro atoms. The first kappa shape index (κ1) is 18.5. The van der Waals surface area contributed by atoms with E-state index in [1.54, 1.807) is 37.6 Å². The molecule has 0 radical (unpaired) electrons. The number of rotatable bonds is 5. The third kappa shape index (κ3) is 4.67. The van der Waals surface area contributed by atoms with E-state index in [0.717, 1.165) is 31.7 Å². The van der Waals surface area contributed by atoms with E-state index in [1.165, 1.54) is 0 Å². The maximum absolute atomic E-state index is 12.2. The lowest BCUT2D eigenvalue weighted by Crippen LogP contribution is -2.40. The van der Waals surface area contributed by atoms with E-state index >= 15 is 0 Å². The van der Waals surface area contributed by atoms with Gasteiger partial charge in [-0.05, 0) is 43.0 Å². The molecule has 1 aromatic carbocycles. The summed E-state index contributed by atoms with van der Waals surface area (Å²) in [5, 5.41) is 15.0. The van der Waals surface area contributed by atoms with Crippen molar-refractivity contribution in [1.82, 2.24) is 10.3 Å². The normalized spacial score (nSPS) is 14.3. The second-order valence-corrected chi connectivity index (χ2v) is 6.45. The molecule has 1 fully saturated rings. The molecule has 1 saturated heterocycles. The third-order valence-electron chi connectivity index (χ3n) is 4.73. The zero-order valence-electron chi connectivity index (χ0n) is 15.3. The standard InChI is InChI=1S/C20H23N5O2/c1-27-18-7-3-2-6-17(18)24-20(26)23-14-15-8-11-25(12-9-15)19-16(13-21)5-4-10-22-19/h2-7,10,15H,8-9,11-12,14H2,1H3,(H2,23,24,26). The van der Waals surface area contributed by atoms with Gasteiger partial charge in [0.2, 0.25) is 0 Å². The number of ether oxygens (including phenoxy) is 1. The SMILES string of the molecule is COc1ccccc1NC(=O)NCC1CCN(c2ncccc2C#N)CC1. The van der Waals surface area contributed by atoms with Gasteiger partial charge in [0.25, 0.3) is 0 Å². The van der Waals surface area contributed by atoms with Crippen molar-refractivity contribution in [3.8, 4) is 11.8 Å². The number of urea groups is 1. The van der Waals surface area contributed by atoms with Gasteiger partial charge in [0.15, 0.2) is 0 Å². The zero-order chi connectivity index (χ0) is 19.1. The molecule has 2 aromatic rings. The van der Waals surface area contributed by atoms with Crippen LogP contribution < -0.4 is 20.3 Å². The number of nitrogens with zero attached hydrogens (tertiary/aromatic N) is 3. The number of para-hydroxylation sites is 2. The van der Waals surface area contributed by atoms with Crippen LogP contribution in [0.1, 0.15) is 18.4 Å². The highest BCUT2D eigenvalue weighted by molar-refractivity contribution is 5.90. The molecular weight excluding hydrogens is 342 g/mol. The number of anilines is 2. The van der Waals surface area contributed by atoms with Crippen molar-refractivity contribution in [2.45, 2.75) is 12.8 Å². The Morgan fingerprint density at radius 2 is 2.07 bits per heavy atom. The van der Waals surface area contributed by atoms with Crippen LogP contribution in [0.25, 0.3) is 0 Å². The fraction of sp³-hybridized carbons (Fsp3) is 0.350. The molecule has 1 aliphatic rings. The average molecular weight is 365 g/mol. The van der Waals surface area contributed by atoms with Gasteiger partial charge < -0.3 is 20.3 Å². The Kier molecular flexibility index (Phi) is 6.10. The first-order chi connectivity index (χ1) is 13.2. The predicted molar refractivity (Wildman–Crippen MR) is 104 cm³/mol. The molecule has 0 unspecified atom stereocenters. The fourth-order valence-electron chi connectivity index (χ4n) is 3.24. The van der Waals surface area contributed by atoms with Crippen LogP contribution >= 0.6 is 0 Å². The van der Waals surface area contributed by atoms with Crippen LogP contribution in [-0.2, 0) is 0 Å². The van der Waals surface area contributed by atoms with Crippen molar-refractivity contribution in [1.29, 1.82) is 5.26 Å². The summed E-state index contributed by atoms with van der Waals surface area (Å²) in [5.41, 5.74) is 1.25. The molecule has 1 aromatic heterocycles. The van der Waals surface area contributed by atoms with Gasteiger partial charge in [-0.3, -0.25) is 0 Å². The van der Waals surface area contributed by atoms with Crippen LogP contribution in [0.3, 0.4) is 0 Å². The molecule has 3 rings (SSSR count). The molecular formula is C20H23N5O2. The predicted octanol–water partition coefficient (Wildman–Crippen LogP) is 3.00. The van der Waals surface area contributed by atoms with E-state index in [4.69, 9.17) is 4.74 Å². The molecule has 27 heavy (non-hydrogen) atoms. The van der Waals surface area contributed by atoms with Crippen LogP contribution in [0.5, 0.6) is 5.75 Å². The number of carbonyl (C=O) groups excluding carboxylic acids is 1. The molecule has 0 bridgehead atoms. The number of benzene rings is 1. The van der Waals surface area contributed by atoms with E-state index in [9.17, 15) is 10.1 Å². The summed E-state index contributed by atoms with van der Waals surface area (Å²) in [7, 11) is 1.57. The summed E-state index contributed by atoms with van der Waals surface area (Å²) in [5.74, 6) is 1.78. The molecule has 0 aliphatic carbocycles. The van der Waals surface area contributed by atoms with Crippen LogP contribution in [0.15, 0.2) is 42.6 Å². The number of nitrogens with one attached hydrogen (secondary N) is 2. The molecule has 2 N–H and O–H groups in total. The first-order valence-electron chi connectivity index (χ1n) is 8.99. The van der Waals surface area contributed by atoms with Crippen molar-refractivity contribution in [3.05, 3.63) is 48.2 Å². The summed E-state index contributed by atoms with van der Waals surface area (Å²) in [6.07, 6.45) is 3.60. The molecule has 7 heteroatoms. The lowest BCUT2D eigenvalue weighted by molar-refractivity contribution is 0.248. The minimum Gasteiger partial charge on any atom is -0.495 e. The summed E-state index contributed by atoms with van der Waals surface area (Å²) >= 11 is 0. The van der Waals surface area contributed by atoms with Gasteiger partial charge in [0, 0.05) is 25.8 Å². The number of carbonyl (C=O) groups is 1. The summed E-state index contributed by atoms with van der Waals surface area (Å²) in [6, 6.07) is 12.8. The van der Waals surface area contributed by atoms with Crippen molar-refractivity contribution in [2.24, 2.45) is 5.92 Å². The van der Waals surface area contributed by atoms with E-state index < -0.39 is 0 Å². The second kappa shape index (κ2) is 8.90. The lowest BCUT2D eigenvalue weighted by Gasteiger charge is -2.33. The topological polar surface area (TPSA) is 90.3 Å². The summed E-state index contributed by atoms with van der Waals surface area (Å²) in [4.78, 5) is 18.6. The number of amides is 2. The Labute approximate surface area is 159 Å². The van der Waals surface area contributed by atoms with E-state index in [1.807, 2.05) is 12.1 Å². The fourth-order valence-corrected chi connectivity index (χ4v) is 3.24. The van der Waals surface area contributed by atoms with Crippen molar-refractivity contribution >= 4 is 17.5 Å². The Morgan fingerprint density at radius 3 is 2.81 bits per heavy atom. The number of nitriles is 1. The Balaban J connectivity index is 1.47. The molecule has 0 saturated carbocycles. The van der Waals surface area contributed by atoms with Crippen LogP contribution in [0, 0.1) is 17.2 Å². The van der Waals surface area contributed by atoms with Crippen molar-refractivity contribution < 1.29 is 9.53 Å². The van der Waals surface area contributed by atoms with Gasteiger partial charge in [-0.1, -0.05) is 12.1 Å². The van der Waals surface area contributed by atoms with Gasteiger partial charge in [0.05, 0.1) is 18.4 Å². The quantitative estimate of drug-likeness (QED) is 0.850. The number of pyridine rings is 1. The maximum atomic E-state index is 12.2.